The summed E-state index contributed by atoms with van der Waals surface area (Å²) in [6, 6.07) is 0. The minimum absolute atomic E-state index is 1.14. The second-order valence-corrected chi connectivity index (χ2v) is 3.93. The number of hydrogen-bond acceptors (Lipinski definition) is 0. The molecule has 1 aliphatic rings. The Hall–Kier alpha value is -0.960. The van der Waals surface area contributed by atoms with E-state index < -0.39 is 0 Å². The molecule has 15 heavy (non-hydrogen) atoms. The molecule has 0 aromatic carbocycles. The molecule has 0 aromatic heterocycles. The molecule has 0 bridgehead atoms. The van der Waals surface area contributed by atoms with Crippen LogP contribution < -0.4 is 0 Å². The van der Waals surface area contributed by atoms with Gasteiger partial charge in [-0.15, -0.1) is 6.42 Å². The van der Waals surface area contributed by atoms with Gasteiger partial charge in [0.05, 0.1) is 0 Å². The molecule has 0 N–H and O–H groups in total. The van der Waals surface area contributed by atoms with Crippen LogP contribution in [-0.4, -0.2) is 0 Å². The number of rotatable bonds is 2. The predicted octanol–water partition coefficient (Wildman–Crippen LogP) is 4.87. The Morgan fingerprint density at radius 2 is 2.20 bits per heavy atom. The highest BCUT2D eigenvalue weighted by molar-refractivity contribution is 5.25. The number of hydrogen-bond donors (Lipinski definition) is 0. The summed E-state index contributed by atoms with van der Waals surface area (Å²) in [7, 11) is 0. The smallest absolute Gasteiger partial charge is 0.00223 e. The minimum Gasteiger partial charge on any atom is -0.115 e. The van der Waals surface area contributed by atoms with Crippen LogP contribution in [0.2, 0.25) is 0 Å². The lowest BCUT2D eigenvalue weighted by Crippen LogP contribution is -1.87. The van der Waals surface area contributed by atoms with Crippen molar-refractivity contribution in [3.05, 3.63) is 23.3 Å². The molecule has 0 aliphatic heterocycles. The molecule has 0 saturated heterocycles. The van der Waals surface area contributed by atoms with Gasteiger partial charge in [-0.05, 0) is 51.0 Å². The lowest BCUT2D eigenvalue weighted by atomic mass is 10.0. The third kappa shape index (κ3) is 8.06. The Kier molecular flexibility index (Phi) is 8.98. The standard InChI is InChI=1S/C8H10.C7H14/c1-2-8-6-4-3-5-7-8;1-4-6-7(3)5-2/h1,6H,3-5,7H2;6H,4-5H2,1-3H3. The molecule has 0 amide bonds. The Labute approximate surface area is 95.5 Å². The van der Waals surface area contributed by atoms with Gasteiger partial charge in [-0.3, -0.25) is 0 Å². The second kappa shape index (κ2) is 9.59. The third-order valence-electron chi connectivity index (χ3n) is 2.59. The van der Waals surface area contributed by atoms with Gasteiger partial charge >= 0.3 is 0 Å². The fourth-order valence-corrected chi connectivity index (χ4v) is 1.46. The first-order valence-electron chi connectivity index (χ1n) is 6.05. The summed E-state index contributed by atoms with van der Waals surface area (Å²) >= 11 is 0. The van der Waals surface area contributed by atoms with Crippen LogP contribution in [0.5, 0.6) is 0 Å². The maximum atomic E-state index is 5.18. The quantitative estimate of drug-likeness (QED) is 0.444. The van der Waals surface area contributed by atoms with Crippen LogP contribution >= 0.6 is 0 Å². The lowest BCUT2D eigenvalue weighted by Gasteiger charge is -2.04. The van der Waals surface area contributed by atoms with Crippen LogP contribution in [0.3, 0.4) is 0 Å². The van der Waals surface area contributed by atoms with Crippen molar-refractivity contribution >= 4 is 0 Å². The van der Waals surface area contributed by atoms with Crippen LogP contribution in [0.1, 0.15) is 59.3 Å². The van der Waals surface area contributed by atoms with E-state index in [1.165, 1.54) is 43.3 Å². The van der Waals surface area contributed by atoms with E-state index in [0.717, 1.165) is 6.42 Å². The monoisotopic (exact) mass is 204 g/mol. The summed E-state index contributed by atoms with van der Waals surface area (Å²) in [4.78, 5) is 0. The summed E-state index contributed by atoms with van der Waals surface area (Å²) in [5.41, 5.74) is 2.71. The maximum Gasteiger partial charge on any atom is -0.00223 e. The van der Waals surface area contributed by atoms with Crippen molar-refractivity contribution in [1.82, 2.24) is 0 Å². The van der Waals surface area contributed by atoms with E-state index in [9.17, 15) is 0 Å². The molecule has 1 rings (SSSR count). The first-order chi connectivity index (χ1) is 7.24. The number of terminal acetylenes is 1. The first kappa shape index (κ1) is 14.0. The zero-order valence-corrected chi connectivity index (χ0v) is 10.5. The Balaban J connectivity index is 0.000000265. The Bertz CT molecular complexity index is 248. The van der Waals surface area contributed by atoms with Gasteiger partial charge in [-0.1, -0.05) is 37.5 Å². The Morgan fingerprint density at radius 3 is 2.47 bits per heavy atom. The predicted molar refractivity (Wildman–Crippen MR) is 69.7 cm³/mol. The van der Waals surface area contributed by atoms with Crippen LogP contribution in [0, 0.1) is 12.3 Å². The van der Waals surface area contributed by atoms with E-state index in [1.54, 1.807) is 0 Å². The molecule has 84 valence electrons. The third-order valence-corrected chi connectivity index (χ3v) is 2.59. The molecule has 0 heteroatoms. The van der Waals surface area contributed by atoms with Crippen molar-refractivity contribution in [2.45, 2.75) is 59.3 Å². The summed E-state index contributed by atoms with van der Waals surface area (Å²) in [6.45, 7) is 6.52. The summed E-state index contributed by atoms with van der Waals surface area (Å²) < 4.78 is 0. The van der Waals surface area contributed by atoms with Crippen molar-refractivity contribution in [3.8, 4) is 12.3 Å². The summed E-state index contributed by atoms with van der Waals surface area (Å²) in [5, 5.41) is 0. The SMILES string of the molecule is C#CC1=CCCCC1.CCC=C(C)CC. The average molecular weight is 204 g/mol. The van der Waals surface area contributed by atoms with E-state index >= 15 is 0 Å². The average Bonchev–Trinajstić information content (AvgIpc) is 2.31. The highest BCUT2D eigenvalue weighted by Gasteiger charge is 1.97. The molecular formula is C15H24. The van der Waals surface area contributed by atoms with Gasteiger partial charge < -0.3 is 0 Å². The van der Waals surface area contributed by atoms with Gasteiger partial charge in [0.2, 0.25) is 0 Å². The van der Waals surface area contributed by atoms with Crippen LogP contribution in [0.25, 0.3) is 0 Å². The van der Waals surface area contributed by atoms with Crippen molar-refractivity contribution < 1.29 is 0 Å². The van der Waals surface area contributed by atoms with Crippen molar-refractivity contribution in [3.63, 3.8) is 0 Å². The molecule has 0 radical (unpaired) electrons. The van der Waals surface area contributed by atoms with E-state index in [4.69, 9.17) is 6.42 Å². The van der Waals surface area contributed by atoms with Gasteiger partial charge in [0.25, 0.3) is 0 Å². The van der Waals surface area contributed by atoms with Crippen molar-refractivity contribution in [2.24, 2.45) is 0 Å². The van der Waals surface area contributed by atoms with Gasteiger partial charge in [-0.2, -0.15) is 0 Å². The highest BCUT2D eigenvalue weighted by atomic mass is 14.0. The topological polar surface area (TPSA) is 0 Å². The summed E-state index contributed by atoms with van der Waals surface area (Å²) in [6.07, 6.45) is 16.9. The molecular weight excluding hydrogens is 180 g/mol. The van der Waals surface area contributed by atoms with E-state index in [2.05, 4.69) is 38.8 Å². The molecule has 0 heterocycles. The fourth-order valence-electron chi connectivity index (χ4n) is 1.46. The van der Waals surface area contributed by atoms with Crippen molar-refractivity contribution in [2.75, 3.05) is 0 Å². The van der Waals surface area contributed by atoms with Gasteiger partial charge in [-0.25, -0.2) is 0 Å². The maximum absolute atomic E-state index is 5.18. The van der Waals surface area contributed by atoms with E-state index in [0.29, 0.717) is 0 Å². The molecule has 0 atom stereocenters. The molecule has 0 nitrogen and oxygen atoms in total. The normalized spacial score (nSPS) is 15.9. The van der Waals surface area contributed by atoms with Crippen LogP contribution in [-0.2, 0) is 0 Å². The van der Waals surface area contributed by atoms with E-state index in [1.807, 2.05) is 0 Å². The van der Waals surface area contributed by atoms with Gasteiger partial charge in [0.1, 0.15) is 0 Å². The molecule has 1 aliphatic carbocycles. The number of allylic oxidation sites excluding steroid dienone is 4. The second-order valence-electron chi connectivity index (χ2n) is 3.93. The van der Waals surface area contributed by atoms with Gasteiger partial charge in [0.15, 0.2) is 0 Å². The Morgan fingerprint density at radius 1 is 1.47 bits per heavy atom. The zero-order chi connectivity index (χ0) is 11.5. The van der Waals surface area contributed by atoms with Crippen LogP contribution in [0.15, 0.2) is 23.3 Å². The molecule has 0 aromatic rings. The molecule has 0 saturated carbocycles. The van der Waals surface area contributed by atoms with Gasteiger partial charge in [0, 0.05) is 0 Å². The van der Waals surface area contributed by atoms with Crippen molar-refractivity contribution in [1.29, 1.82) is 0 Å². The summed E-state index contributed by atoms with van der Waals surface area (Å²) in [5.74, 6) is 2.66. The zero-order valence-electron chi connectivity index (χ0n) is 10.5. The highest BCUT2D eigenvalue weighted by Crippen LogP contribution is 2.15. The fraction of sp³-hybridized carbons (Fsp3) is 0.600. The minimum atomic E-state index is 1.14. The first-order valence-corrected chi connectivity index (χ1v) is 6.05. The van der Waals surface area contributed by atoms with E-state index in [-0.39, 0.29) is 0 Å². The lowest BCUT2D eigenvalue weighted by molar-refractivity contribution is 0.715. The van der Waals surface area contributed by atoms with Crippen LogP contribution in [0.4, 0.5) is 0 Å². The molecule has 0 unspecified atom stereocenters. The molecule has 0 fully saturated rings. The molecule has 0 spiro atoms. The largest absolute Gasteiger partial charge is 0.115 e.